The number of halogens is 1. The monoisotopic (exact) mass is 306 g/mol. The van der Waals surface area contributed by atoms with E-state index in [1.807, 2.05) is 5.38 Å². The number of methoxy groups -OCH3 is 1. The second-order valence-electron chi connectivity index (χ2n) is 3.54. The first-order valence-electron chi connectivity index (χ1n) is 4.45. The van der Waals surface area contributed by atoms with Crippen molar-refractivity contribution >= 4 is 39.2 Å². The number of thiophene rings is 1. The molecule has 0 radical (unpaired) electrons. The van der Waals surface area contributed by atoms with Gasteiger partial charge in [0.05, 0.1) is 7.11 Å². The fourth-order valence-corrected chi connectivity index (χ4v) is 2.86. The van der Waals surface area contributed by atoms with Crippen molar-refractivity contribution < 1.29 is 19.4 Å². The van der Waals surface area contributed by atoms with E-state index in [1.54, 1.807) is 6.07 Å². The highest BCUT2D eigenvalue weighted by atomic mass is 79.9. The van der Waals surface area contributed by atoms with Crippen molar-refractivity contribution in [2.45, 2.75) is 13.3 Å². The third-order valence-corrected chi connectivity index (χ3v) is 3.96. The van der Waals surface area contributed by atoms with Gasteiger partial charge in [-0.15, -0.1) is 11.3 Å². The number of ether oxygens (including phenoxy) is 1. The van der Waals surface area contributed by atoms with Crippen LogP contribution in [0.5, 0.6) is 0 Å². The maximum atomic E-state index is 11.5. The molecule has 1 atom stereocenters. The SMILES string of the molecule is COC(=O)C(C)(Cc1cc(Br)cs1)C(=O)O. The van der Waals surface area contributed by atoms with Crippen LogP contribution in [0.4, 0.5) is 0 Å². The Labute approximate surface area is 105 Å². The second-order valence-corrected chi connectivity index (χ2v) is 5.45. The molecule has 0 saturated heterocycles. The quantitative estimate of drug-likeness (QED) is 0.685. The zero-order valence-corrected chi connectivity index (χ0v) is 11.2. The summed E-state index contributed by atoms with van der Waals surface area (Å²) in [5, 5.41) is 10.9. The van der Waals surface area contributed by atoms with Gasteiger partial charge >= 0.3 is 11.9 Å². The number of aliphatic carboxylic acids is 1. The van der Waals surface area contributed by atoms with E-state index >= 15 is 0 Å². The van der Waals surface area contributed by atoms with Crippen LogP contribution in [-0.2, 0) is 20.7 Å². The zero-order valence-electron chi connectivity index (χ0n) is 8.82. The fourth-order valence-electron chi connectivity index (χ4n) is 1.26. The molecular weight excluding hydrogens is 296 g/mol. The number of esters is 1. The molecule has 1 rings (SSSR count). The lowest BCUT2D eigenvalue weighted by atomic mass is 9.86. The van der Waals surface area contributed by atoms with Gasteiger partial charge in [0.25, 0.3) is 0 Å². The average molecular weight is 307 g/mol. The van der Waals surface area contributed by atoms with Crippen LogP contribution < -0.4 is 0 Å². The van der Waals surface area contributed by atoms with E-state index in [9.17, 15) is 9.59 Å². The zero-order chi connectivity index (χ0) is 12.3. The molecule has 0 bridgehead atoms. The van der Waals surface area contributed by atoms with Gasteiger partial charge in [0.1, 0.15) is 0 Å². The standard InChI is InChI=1S/C10H11BrO4S/c1-10(8(12)13,9(14)15-2)4-7-3-6(11)5-16-7/h3,5H,4H2,1-2H3,(H,12,13). The van der Waals surface area contributed by atoms with E-state index < -0.39 is 17.4 Å². The Bertz CT molecular complexity index is 415. The van der Waals surface area contributed by atoms with Crippen molar-refractivity contribution in [3.63, 3.8) is 0 Å². The Balaban J connectivity index is 2.96. The molecule has 0 amide bonds. The number of carboxylic acid groups (broad SMARTS) is 1. The van der Waals surface area contributed by atoms with Crippen molar-refractivity contribution in [2.75, 3.05) is 7.11 Å². The molecule has 0 fully saturated rings. The summed E-state index contributed by atoms with van der Waals surface area (Å²) < 4.78 is 5.41. The lowest BCUT2D eigenvalue weighted by molar-refractivity contribution is -0.165. The molecule has 4 nitrogen and oxygen atoms in total. The van der Waals surface area contributed by atoms with Gasteiger partial charge in [0.2, 0.25) is 0 Å². The topological polar surface area (TPSA) is 63.6 Å². The predicted molar refractivity (Wildman–Crippen MR) is 63.5 cm³/mol. The lowest BCUT2D eigenvalue weighted by Gasteiger charge is -2.20. The van der Waals surface area contributed by atoms with E-state index in [0.29, 0.717) is 0 Å². The van der Waals surface area contributed by atoms with Crippen LogP contribution in [0.2, 0.25) is 0 Å². The molecule has 0 aliphatic carbocycles. The summed E-state index contributed by atoms with van der Waals surface area (Å²) in [6.07, 6.45) is 0.130. The van der Waals surface area contributed by atoms with Crippen molar-refractivity contribution in [3.05, 3.63) is 20.8 Å². The van der Waals surface area contributed by atoms with Gasteiger partial charge in [-0.25, -0.2) is 0 Å². The minimum Gasteiger partial charge on any atom is -0.480 e. The third kappa shape index (κ3) is 2.62. The molecule has 1 aromatic rings. The van der Waals surface area contributed by atoms with E-state index in [1.165, 1.54) is 25.4 Å². The fraction of sp³-hybridized carbons (Fsp3) is 0.400. The first-order chi connectivity index (χ1) is 7.40. The molecule has 1 N–H and O–H groups in total. The molecule has 0 aliphatic rings. The molecule has 0 saturated carbocycles. The normalized spacial score (nSPS) is 14.2. The molecule has 1 heterocycles. The van der Waals surface area contributed by atoms with Crippen LogP contribution in [0.1, 0.15) is 11.8 Å². The third-order valence-electron chi connectivity index (χ3n) is 2.26. The van der Waals surface area contributed by atoms with Gasteiger partial charge in [-0.1, -0.05) is 0 Å². The maximum Gasteiger partial charge on any atom is 0.323 e. The first kappa shape index (κ1) is 13.2. The molecule has 0 spiro atoms. The minimum absolute atomic E-state index is 0.130. The molecule has 6 heteroatoms. The average Bonchev–Trinajstić information content (AvgIpc) is 2.62. The summed E-state index contributed by atoms with van der Waals surface area (Å²) in [4.78, 5) is 23.4. The Kier molecular flexibility index (Phi) is 4.09. The summed E-state index contributed by atoms with van der Waals surface area (Å²) in [7, 11) is 1.19. The summed E-state index contributed by atoms with van der Waals surface area (Å²) in [6.45, 7) is 1.37. The lowest BCUT2D eigenvalue weighted by Crippen LogP contribution is -2.39. The predicted octanol–water partition coefficient (Wildman–Crippen LogP) is 2.32. The number of carbonyl (C=O) groups is 2. The van der Waals surface area contributed by atoms with Gasteiger partial charge < -0.3 is 9.84 Å². The van der Waals surface area contributed by atoms with Gasteiger partial charge in [-0.2, -0.15) is 0 Å². The first-order valence-corrected chi connectivity index (χ1v) is 6.12. The Morgan fingerprint density at radius 3 is 2.62 bits per heavy atom. The van der Waals surface area contributed by atoms with Crippen LogP contribution in [0.25, 0.3) is 0 Å². The minimum atomic E-state index is -1.53. The van der Waals surface area contributed by atoms with Crippen LogP contribution in [0, 0.1) is 5.41 Å². The van der Waals surface area contributed by atoms with Crippen molar-refractivity contribution in [3.8, 4) is 0 Å². The molecule has 0 aliphatic heterocycles. The smallest absolute Gasteiger partial charge is 0.323 e. The molecule has 16 heavy (non-hydrogen) atoms. The van der Waals surface area contributed by atoms with Crippen LogP contribution in [0.3, 0.4) is 0 Å². The molecule has 1 aromatic heterocycles. The van der Waals surface area contributed by atoms with E-state index in [0.717, 1.165) is 9.35 Å². The van der Waals surface area contributed by atoms with Crippen LogP contribution in [-0.4, -0.2) is 24.2 Å². The highest BCUT2D eigenvalue weighted by Gasteiger charge is 2.43. The van der Waals surface area contributed by atoms with Gasteiger partial charge in [0.15, 0.2) is 5.41 Å². The van der Waals surface area contributed by atoms with E-state index in [2.05, 4.69) is 20.7 Å². The Morgan fingerprint density at radius 1 is 1.62 bits per heavy atom. The van der Waals surface area contributed by atoms with Gasteiger partial charge in [0, 0.05) is 21.2 Å². The summed E-state index contributed by atoms with van der Waals surface area (Å²) >= 11 is 4.68. The summed E-state index contributed by atoms with van der Waals surface area (Å²) in [5.41, 5.74) is -1.53. The van der Waals surface area contributed by atoms with E-state index in [4.69, 9.17) is 5.11 Å². The highest BCUT2D eigenvalue weighted by molar-refractivity contribution is 9.10. The molecular formula is C10H11BrO4S. The van der Waals surface area contributed by atoms with Crippen LogP contribution >= 0.6 is 27.3 Å². The van der Waals surface area contributed by atoms with Crippen LogP contribution in [0.15, 0.2) is 15.9 Å². The summed E-state index contributed by atoms with van der Waals surface area (Å²) in [5.74, 6) is -1.91. The second kappa shape index (κ2) is 4.97. The molecule has 0 aromatic carbocycles. The number of hydrogen-bond acceptors (Lipinski definition) is 4. The van der Waals surface area contributed by atoms with Gasteiger partial charge in [-0.3, -0.25) is 9.59 Å². The number of carboxylic acids is 1. The Morgan fingerprint density at radius 2 is 2.25 bits per heavy atom. The number of hydrogen-bond donors (Lipinski definition) is 1. The highest BCUT2D eigenvalue weighted by Crippen LogP contribution is 2.29. The number of rotatable bonds is 4. The van der Waals surface area contributed by atoms with Crippen molar-refractivity contribution in [2.24, 2.45) is 5.41 Å². The van der Waals surface area contributed by atoms with Crippen molar-refractivity contribution in [1.29, 1.82) is 0 Å². The Hall–Kier alpha value is -0.880. The number of carbonyl (C=O) groups excluding carboxylic acids is 1. The van der Waals surface area contributed by atoms with Crippen molar-refractivity contribution in [1.82, 2.24) is 0 Å². The maximum absolute atomic E-state index is 11.5. The summed E-state index contributed by atoms with van der Waals surface area (Å²) in [6, 6.07) is 1.80. The van der Waals surface area contributed by atoms with Gasteiger partial charge in [-0.05, 0) is 28.9 Å². The molecule has 88 valence electrons. The largest absolute Gasteiger partial charge is 0.480 e. The molecule has 1 unspecified atom stereocenters. The van der Waals surface area contributed by atoms with E-state index in [-0.39, 0.29) is 6.42 Å².